The summed E-state index contributed by atoms with van der Waals surface area (Å²) in [6.45, 7) is 3.71. The van der Waals surface area contributed by atoms with Gasteiger partial charge >= 0.3 is 0 Å². The summed E-state index contributed by atoms with van der Waals surface area (Å²) >= 11 is 0. The van der Waals surface area contributed by atoms with Crippen LogP contribution < -0.4 is 14.2 Å². The maximum atomic E-state index is 14.3. The van der Waals surface area contributed by atoms with Crippen molar-refractivity contribution in [2.45, 2.75) is 25.2 Å². The molecule has 2 rings (SSSR count). The third kappa shape index (κ3) is 3.46. The molecule has 2 aromatic carbocycles. The Labute approximate surface area is 141 Å². The van der Waals surface area contributed by atoms with Gasteiger partial charge in [0.1, 0.15) is 10.7 Å². The number of hydrogen-bond donors (Lipinski definition) is 1. The van der Waals surface area contributed by atoms with Gasteiger partial charge in [0.25, 0.3) is 10.0 Å². The molecule has 0 heterocycles. The van der Waals surface area contributed by atoms with Crippen molar-refractivity contribution in [2.75, 3.05) is 18.9 Å². The fourth-order valence-corrected chi connectivity index (χ4v) is 3.65. The lowest BCUT2D eigenvalue weighted by Crippen LogP contribution is -2.17. The van der Waals surface area contributed by atoms with Crippen LogP contribution in [-0.4, -0.2) is 22.6 Å². The van der Waals surface area contributed by atoms with Crippen LogP contribution in [-0.2, 0) is 16.4 Å². The van der Waals surface area contributed by atoms with Crippen molar-refractivity contribution < 1.29 is 22.3 Å². The van der Waals surface area contributed by atoms with Crippen molar-refractivity contribution in [3.05, 3.63) is 47.3 Å². The Balaban J connectivity index is 2.53. The maximum Gasteiger partial charge on any atom is 0.264 e. The van der Waals surface area contributed by atoms with Crippen LogP contribution in [0.4, 0.5) is 10.1 Å². The minimum atomic E-state index is -4.12. The zero-order chi connectivity index (χ0) is 17.9. The van der Waals surface area contributed by atoms with Crippen LogP contribution in [0.15, 0.2) is 35.2 Å². The van der Waals surface area contributed by atoms with Crippen LogP contribution in [0.3, 0.4) is 0 Å². The second-order valence-electron chi connectivity index (χ2n) is 5.21. The molecule has 0 aliphatic rings. The van der Waals surface area contributed by atoms with Crippen molar-refractivity contribution in [1.82, 2.24) is 0 Å². The first kappa shape index (κ1) is 18.1. The van der Waals surface area contributed by atoms with Crippen LogP contribution in [0, 0.1) is 12.7 Å². The van der Waals surface area contributed by atoms with Gasteiger partial charge in [-0.3, -0.25) is 4.72 Å². The van der Waals surface area contributed by atoms with E-state index in [1.807, 2.05) is 19.1 Å². The first-order chi connectivity index (χ1) is 11.3. The predicted molar refractivity (Wildman–Crippen MR) is 90.9 cm³/mol. The summed E-state index contributed by atoms with van der Waals surface area (Å²) < 4.78 is 52.1. The molecule has 0 aliphatic heterocycles. The minimum Gasteiger partial charge on any atom is -0.493 e. The molecule has 0 aliphatic carbocycles. The highest BCUT2D eigenvalue weighted by Gasteiger charge is 2.24. The first-order valence-corrected chi connectivity index (χ1v) is 8.85. The first-order valence-electron chi connectivity index (χ1n) is 7.36. The average Bonchev–Trinajstić information content (AvgIpc) is 2.55. The molecule has 0 fully saturated rings. The maximum absolute atomic E-state index is 14.3. The number of methoxy groups -OCH3 is 2. The van der Waals surface area contributed by atoms with E-state index in [1.54, 1.807) is 13.0 Å². The van der Waals surface area contributed by atoms with Crippen molar-refractivity contribution in [3.63, 3.8) is 0 Å². The van der Waals surface area contributed by atoms with E-state index in [0.717, 1.165) is 23.3 Å². The van der Waals surface area contributed by atoms with E-state index in [1.165, 1.54) is 14.2 Å². The Bertz CT molecular complexity index is 850. The quantitative estimate of drug-likeness (QED) is 0.863. The number of anilines is 1. The van der Waals surface area contributed by atoms with Gasteiger partial charge in [-0.05, 0) is 24.5 Å². The van der Waals surface area contributed by atoms with Crippen LogP contribution in [0.2, 0.25) is 0 Å². The zero-order valence-electron chi connectivity index (χ0n) is 14.0. The van der Waals surface area contributed by atoms with Crippen LogP contribution >= 0.6 is 0 Å². The van der Waals surface area contributed by atoms with E-state index < -0.39 is 20.7 Å². The molecule has 0 saturated heterocycles. The van der Waals surface area contributed by atoms with Gasteiger partial charge in [-0.2, -0.15) is 0 Å². The van der Waals surface area contributed by atoms with Crippen molar-refractivity contribution in [3.8, 4) is 11.5 Å². The Morgan fingerprint density at radius 1 is 1.12 bits per heavy atom. The molecule has 24 heavy (non-hydrogen) atoms. The molecule has 0 spiro atoms. The molecule has 0 aromatic heterocycles. The van der Waals surface area contributed by atoms with Gasteiger partial charge < -0.3 is 9.47 Å². The summed E-state index contributed by atoms with van der Waals surface area (Å²) in [7, 11) is -1.41. The zero-order valence-corrected chi connectivity index (χ0v) is 14.8. The molecule has 0 amide bonds. The van der Waals surface area contributed by atoms with Crippen molar-refractivity contribution in [2.24, 2.45) is 0 Å². The normalized spacial score (nSPS) is 11.2. The standard InChI is InChI=1S/C17H20FNO4S/c1-5-12-8-6-7-11(2)17(12)19-24(20,21)16-10-15(23-4)14(22-3)9-13(16)18/h6-10,19H,5H2,1-4H3. The highest BCUT2D eigenvalue weighted by molar-refractivity contribution is 7.92. The number of halogens is 1. The highest BCUT2D eigenvalue weighted by atomic mass is 32.2. The summed E-state index contributed by atoms with van der Waals surface area (Å²) in [5, 5.41) is 0. The van der Waals surface area contributed by atoms with Crippen LogP contribution in [0.5, 0.6) is 11.5 Å². The van der Waals surface area contributed by atoms with Crippen LogP contribution in [0.25, 0.3) is 0 Å². The third-order valence-electron chi connectivity index (χ3n) is 3.70. The third-order valence-corrected chi connectivity index (χ3v) is 5.07. The number of para-hydroxylation sites is 1. The molecular formula is C17H20FNO4S. The number of hydrogen-bond acceptors (Lipinski definition) is 4. The monoisotopic (exact) mass is 353 g/mol. The Morgan fingerprint density at radius 2 is 1.75 bits per heavy atom. The summed E-state index contributed by atoms with van der Waals surface area (Å²) in [6.07, 6.45) is 0.647. The van der Waals surface area contributed by atoms with Gasteiger partial charge in [0.2, 0.25) is 0 Å². The molecule has 0 bridgehead atoms. The largest absolute Gasteiger partial charge is 0.493 e. The van der Waals surface area contributed by atoms with E-state index in [9.17, 15) is 12.8 Å². The van der Waals surface area contributed by atoms with Gasteiger partial charge in [0, 0.05) is 12.1 Å². The highest BCUT2D eigenvalue weighted by Crippen LogP contribution is 2.33. The van der Waals surface area contributed by atoms with Gasteiger partial charge in [-0.1, -0.05) is 25.1 Å². The van der Waals surface area contributed by atoms with E-state index in [2.05, 4.69) is 4.72 Å². The van der Waals surface area contributed by atoms with Crippen molar-refractivity contribution >= 4 is 15.7 Å². The topological polar surface area (TPSA) is 64.6 Å². The fraction of sp³-hybridized carbons (Fsp3) is 0.294. The van der Waals surface area contributed by atoms with Crippen molar-refractivity contribution in [1.29, 1.82) is 0 Å². The Kier molecular flexibility index (Phi) is 5.33. The Hall–Kier alpha value is -2.28. The summed E-state index contributed by atoms with van der Waals surface area (Å²) in [4.78, 5) is -0.495. The second-order valence-corrected chi connectivity index (χ2v) is 6.86. The van der Waals surface area contributed by atoms with E-state index in [-0.39, 0.29) is 11.5 Å². The number of sulfonamides is 1. The molecule has 1 N–H and O–H groups in total. The van der Waals surface area contributed by atoms with Crippen LogP contribution in [0.1, 0.15) is 18.1 Å². The molecule has 5 nitrogen and oxygen atoms in total. The lowest BCUT2D eigenvalue weighted by atomic mass is 10.1. The molecule has 7 heteroatoms. The number of benzene rings is 2. The van der Waals surface area contributed by atoms with Gasteiger partial charge in [-0.15, -0.1) is 0 Å². The average molecular weight is 353 g/mol. The van der Waals surface area contributed by atoms with Gasteiger partial charge in [0.15, 0.2) is 11.5 Å². The number of nitrogens with one attached hydrogen (secondary N) is 1. The SMILES string of the molecule is CCc1cccc(C)c1NS(=O)(=O)c1cc(OC)c(OC)cc1F. The number of rotatable bonds is 6. The number of ether oxygens (including phenoxy) is 2. The summed E-state index contributed by atoms with van der Waals surface area (Å²) in [6, 6.07) is 7.58. The molecule has 0 radical (unpaired) electrons. The predicted octanol–water partition coefficient (Wildman–Crippen LogP) is 3.51. The lowest BCUT2D eigenvalue weighted by molar-refractivity contribution is 0.350. The van der Waals surface area contributed by atoms with E-state index in [4.69, 9.17) is 9.47 Å². The fourth-order valence-electron chi connectivity index (χ4n) is 2.40. The number of aryl methyl sites for hydroxylation is 2. The molecule has 0 saturated carbocycles. The Morgan fingerprint density at radius 3 is 2.33 bits per heavy atom. The molecule has 0 atom stereocenters. The van der Waals surface area contributed by atoms with E-state index in [0.29, 0.717) is 12.1 Å². The second kappa shape index (κ2) is 7.09. The van der Waals surface area contributed by atoms with Gasteiger partial charge in [0.05, 0.1) is 19.9 Å². The lowest BCUT2D eigenvalue weighted by Gasteiger charge is -2.16. The molecule has 130 valence electrons. The molecule has 0 unspecified atom stereocenters. The van der Waals surface area contributed by atoms with Gasteiger partial charge in [-0.25, -0.2) is 12.8 Å². The summed E-state index contributed by atoms with van der Waals surface area (Å²) in [5.74, 6) is -0.648. The molecule has 2 aromatic rings. The van der Waals surface area contributed by atoms with E-state index >= 15 is 0 Å². The summed E-state index contributed by atoms with van der Waals surface area (Å²) in [5.41, 5.74) is 2.06. The molecular weight excluding hydrogens is 333 g/mol. The smallest absolute Gasteiger partial charge is 0.264 e. The minimum absolute atomic E-state index is 0.124.